The van der Waals surface area contributed by atoms with Crippen LogP contribution in [0.25, 0.3) is 0 Å². The highest BCUT2D eigenvalue weighted by Gasteiger charge is 2.20. The van der Waals surface area contributed by atoms with Crippen LogP contribution in [0.3, 0.4) is 0 Å². The number of carboxylic acids is 1. The van der Waals surface area contributed by atoms with Gasteiger partial charge in [0.05, 0.1) is 12.1 Å². The van der Waals surface area contributed by atoms with Crippen LogP contribution in [0.15, 0.2) is 24.3 Å². The fourth-order valence-electron chi connectivity index (χ4n) is 1.02. The van der Waals surface area contributed by atoms with Gasteiger partial charge in [-0.25, -0.2) is 13.6 Å². The number of hydrogen-bond acceptors (Lipinski definition) is 2. The van der Waals surface area contributed by atoms with Crippen molar-refractivity contribution in [2.75, 3.05) is 11.9 Å². The number of carbonyl (C=O) groups is 1. The van der Waals surface area contributed by atoms with Crippen LogP contribution < -0.4 is 5.32 Å². The molecule has 0 spiro atoms. The van der Waals surface area contributed by atoms with E-state index in [0.717, 1.165) is 6.92 Å². The van der Waals surface area contributed by atoms with Crippen LogP contribution in [-0.2, 0) is 0 Å². The first-order valence-corrected chi connectivity index (χ1v) is 4.33. The molecule has 0 unspecified atom stereocenters. The summed E-state index contributed by atoms with van der Waals surface area (Å²) >= 11 is 0. The minimum Gasteiger partial charge on any atom is -0.478 e. The van der Waals surface area contributed by atoms with Gasteiger partial charge in [0.15, 0.2) is 0 Å². The van der Waals surface area contributed by atoms with Gasteiger partial charge in [-0.1, -0.05) is 6.07 Å². The molecule has 3 nitrogen and oxygen atoms in total. The van der Waals surface area contributed by atoms with Gasteiger partial charge in [-0.2, -0.15) is 0 Å². The molecule has 0 saturated carbocycles. The van der Waals surface area contributed by atoms with Gasteiger partial charge in [0.2, 0.25) is 0 Å². The Morgan fingerprint density at radius 2 is 2.20 bits per heavy atom. The highest BCUT2D eigenvalue weighted by molar-refractivity contribution is 5.88. The monoisotopic (exact) mass is 215 g/mol. The zero-order chi connectivity index (χ0) is 11.5. The fourth-order valence-corrected chi connectivity index (χ4v) is 1.02. The van der Waals surface area contributed by atoms with Gasteiger partial charge < -0.3 is 10.4 Å². The van der Waals surface area contributed by atoms with E-state index in [9.17, 15) is 13.6 Å². The third-order valence-corrected chi connectivity index (χ3v) is 1.71. The molecule has 0 heterocycles. The number of hydrogen-bond donors (Lipinski definition) is 2. The molecule has 0 aliphatic carbocycles. The predicted octanol–water partition coefficient (Wildman–Crippen LogP) is 2.45. The number of carboxylic acid groups (broad SMARTS) is 1. The summed E-state index contributed by atoms with van der Waals surface area (Å²) in [7, 11) is 0. The van der Waals surface area contributed by atoms with Crippen LogP contribution in [0, 0.1) is 0 Å². The van der Waals surface area contributed by atoms with Gasteiger partial charge in [0.1, 0.15) is 0 Å². The summed E-state index contributed by atoms with van der Waals surface area (Å²) < 4.78 is 25.0. The van der Waals surface area contributed by atoms with Crippen LogP contribution >= 0.6 is 0 Å². The second-order valence-electron chi connectivity index (χ2n) is 3.31. The maximum absolute atomic E-state index is 12.5. The third-order valence-electron chi connectivity index (χ3n) is 1.71. The zero-order valence-electron chi connectivity index (χ0n) is 8.13. The normalized spacial score (nSPS) is 11.1. The van der Waals surface area contributed by atoms with Gasteiger partial charge >= 0.3 is 5.97 Å². The molecule has 5 heteroatoms. The van der Waals surface area contributed by atoms with E-state index in [0.29, 0.717) is 5.69 Å². The number of nitrogens with one attached hydrogen (secondary N) is 1. The van der Waals surface area contributed by atoms with Gasteiger partial charge in [0.25, 0.3) is 5.92 Å². The van der Waals surface area contributed by atoms with E-state index in [1.165, 1.54) is 24.3 Å². The largest absolute Gasteiger partial charge is 0.478 e. The molecule has 0 radical (unpaired) electrons. The molecule has 1 aromatic carbocycles. The smallest absolute Gasteiger partial charge is 0.335 e. The van der Waals surface area contributed by atoms with E-state index in [2.05, 4.69) is 5.32 Å². The first-order valence-electron chi connectivity index (χ1n) is 4.33. The lowest BCUT2D eigenvalue weighted by Gasteiger charge is -2.12. The SMILES string of the molecule is CC(F)(F)CNc1cccc(C(=O)O)c1. The summed E-state index contributed by atoms with van der Waals surface area (Å²) in [6.07, 6.45) is 0. The Kier molecular flexibility index (Phi) is 3.24. The van der Waals surface area contributed by atoms with Gasteiger partial charge in [-0.15, -0.1) is 0 Å². The summed E-state index contributed by atoms with van der Waals surface area (Å²) in [5.41, 5.74) is 0.441. The molecule has 0 fully saturated rings. The summed E-state index contributed by atoms with van der Waals surface area (Å²) in [4.78, 5) is 10.6. The lowest BCUT2D eigenvalue weighted by molar-refractivity contribution is 0.0367. The Hall–Kier alpha value is -1.65. The molecule has 82 valence electrons. The Balaban J connectivity index is 2.70. The Morgan fingerprint density at radius 3 is 2.73 bits per heavy atom. The standard InChI is InChI=1S/C10H11F2NO2/c1-10(11,12)6-13-8-4-2-3-7(5-8)9(14)15/h2-5,13H,6H2,1H3,(H,14,15). The van der Waals surface area contributed by atoms with Crippen molar-refractivity contribution in [3.63, 3.8) is 0 Å². The molecule has 15 heavy (non-hydrogen) atoms. The molecular formula is C10H11F2NO2. The molecule has 1 rings (SSSR count). The topological polar surface area (TPSA) is 49.3 Å². The molecular weight excluding hydrogens is 204 g/mol. The van der Waals surface area contributed by atoms with Crippen LogP contribution in [0.4, 0.5) is 14.5 Å². The molecule has 0 amide bonds. The van der Waals surface area contributed by atoms with Crippen LogP contribution in [-0.4, -0.2) is 23.5 Å². The van der Waals surface area contributed by atoms with Crippen molar-refractivity contribution >= 4 is 11.7 Å². The Labute approximate surface area is 85.7 Å². The van der Waals surface area contributed by atoms with E-state index in [4.69, 9.17) is 5.11 Å². The van der Waals surface area contributed by atoms with Crippen molar-refractivity contribution in [1.82, 2.24) is 0 Å². The maximum Gasteiger partial charge on any atom is 0.335 e. The minimum atomic E-state index is -2.82. The Morgan fingerprint density at radius 1 is 1.53 bits per heavy atom. The second-order valence-corrected chi connectivity index (χ2v) is 3.31. The van der Waals surface area contributed by atoms with Crippen LogP contribution in [0.1, 0.15) is 17.3 Å². The van der Waals surface area contributed by atoms with E-state index in [-0.39, 0.29) is 5.56 Å². The lowest BCUT2D eigenvalue weighted by Crippen LogP contribution is -2.22. The second kappa shape index (κ2) is 4.25. The van der Waals surface area contributed by atoms with E-state index in [1.807, 2.05) is 0 Å². The highest BCUT2D eigenvalue weighted by atomic mass is 19.3. The van der Waals surface area contributed by atoms with Crippen LogP contribution in [0.5, 0.6) is 0 Å². The number of alkyl halides is 2. The number of aromatic carboxylic acids is 1. The lowest BCUT2D eigenvalue weighted by atomic mass is 10.2. The van der Waals surface area contributed by atoms with E-state index in [1.54, 1.807) is 0 Å². The molecule has 0 aliphatic rings. The van der Waals surface area contributed by atoms with E-state index < -0.39 is 18.4 Å². The maximum atomic E-state index is 12.5. The van der Waals surface area contributed by atoms with Crippen molar-refractivity contribution in [3.05, 3.63) is 29.8 Å². The quantitative estimate of drug-likeness (QED) is 0.811. The molecule has 0 saturated heterocycles. The van der Waals surface area contributed by atoms with Crippen molar-refractivity contribution < 1.29 is 18.7 Å². The first-order chi connectivity index (χ1) is 6.88. The number of benzene rings is 1. The average Bonchev–Trinajstić information content (AvgIpc) is 2.14. The fraction of sp³-hybridized carbons (Fsp3) is 0.300. The van der Waals surface area contributed by atoms with Crippen molar-refractivity contribution in [3.8, 4) is 0 Å². The minimum absolute atomic E-state index is 0.0689. The predicted molar refractivity (Wildman–Crippen MR) is 52.5 cm³/mol. The summed E-state index contributed by atoms with van der Waals surface area (Å²) in [5, 5.41) is 11.1. The van der Waals surface area contributed by atoms with Gasteiger partial charge in [-0.05, 0) is 18.2 Å². The molecule has 0 atom stereocenters. The van der Waals surface area contributed by atoms with E-state index >= 15 is 0 Å². The van der Waals surface area contributed by atoms with Crippen LogP contribution in [0.2, 0.25) is 0 Å². The number of rotatable bonds is 4. The number of anilines is 1. The molecule has 0 aromatic heterocycles. The molecule has 0 bridgehead atoms. The Bertz CT molecular complexity index is 361. The van der Waals surface area contributed by atoms with Gasteiger partial charge in [0, 0.05) is 12.6 Å². The summed E-state index contributed by atoms with van der Waals surface area (Å²) in [6.45, 7) is 0.275. The van der Waals surface area contributed by atoms with Crippen molar-refractivity contribution in [1.29, 1.82) is 0 Å². The van der Waals surface area contributed by atoms with Crippen molar-refractivity contribution in [2.24, 2.45) is 0 Å². The van der Waals surface area contributed by atoms with Crippen molar-refractivity contribution in [2.45, 2.75) is 12.8 Å². The van der Waals surface area contributed by atoms with Gasteiger partial charge in [-0.3, -0.25) is 0 Å². The highest BCUT2D eigenvalue weighted by Crippen LogP contribution is 2.15. The summed E-state index contributed by atoms with van der Waals surface area (Å²) in [6, 6.07) is 5.75. The first kappa shape index (κ1) is 11.4. The average molecular weight is 215 g/mol. The molecule has 0 aliphatic heterocycles. The number of halogens is 2. The molecule has 1 aromatic rings. The zero-order valence-corrected chi connectivity index (χ0v) is 8.13. The molecule has 2 N–H and O–H groups in total. The summed E-state index contributed by atoms with van der Waals surface area (Å²) in [5.74, 6) is -3.90. The third kappa shape index (κ3) is 3.93.